The van der Waals surface area contributed by atoms with Gasteiger partial charge in [-0.2, -0.15) is 16.7 Å². The molecular formula is C25H26F2N4OS. The van der Waals surface area contributed by atoms with E-state index in [0.717, 1.165) is 17.9 Å². The van der Waals surface area contributed by atoms with Crippen molar-refractivity contribution in [1.29, 1.82) is 0 Å². The van der Waals surface area contributed by atoms with Crippen LogP contribution in [0.3, 0.4) is 0 Å². The summed E-state index contributed by atoms with van der Waals surface area (Å²) in [6.07, 6.45) is 7.44. The molecule has 0 fully saturated rings. The summed E-state index contributed by atoms with van der Waals surface area (Å²) in [5.41, 5.74) is 3.09. The van der Waals surface area contributed by atoms with Gasteiger partial charge >= 0.3 is 0 Å². The Bertz CT molecular complexity index is 1150. The fourth-order valence-electron chi connectivity index (χ4n) is 3.16. The Morgan fingerprint density at radius 3 is 2.79 bits per heavy atom. The minimum absolute atomic E-state index is 0.131. The number of benzene rings is 2. The number of halogens is 2. The van der Waals surface area contributed by atoms with E-state index in [2.05, 4.69) is 26.3 Å². The standard InChI is InChI=1S/C25H26F2N4OS/c1-4-6-18(11-17(2)26)14-32-23-10-9-20(27)13-22(23)24-28-16-29-25(31-24)30-21-8-5-7-19(12-21)15-33-3/h5-13,16H,4,14-15H2,1-3H3,(H,28,29,30,31)/b17-11+,18-6+. The van der Waals surface area contributed by atoms with Crippen molar-refractivity contribution in [3.8, 4) is 17.1 Å². The number of allylic oxidation sites excluding steroid dienone is 2. The zero-order valence-corrected chi connectivity index (χ0v) is 19.6. The van der Waals surface area contributed by atoms with Gasteiger partial charge in [-0.25, -0.2) is 18.7 Å². The van der Waals surface area contributed by atoms with Gasteiger partial charge in [0.05, 0.1) is 11.4 Å². The number of anilines is 2. The molecule has 1 N–H and O–H groups in total. The zero-order valence-electron chi connectivity index (χ0n) is 18.8. The molecule has 1 aromatic heterocycles. The molecule has 0 aliphatic heterocycles. The minimum Gasteiger partial charge on any atom is -0.488 e. The van der Waals surface area contributed by atoms with Crippen LogP contribution < -0.4 is 10.1 Å². The first-order valence-corrected chi connectivity index (χ1v) is 11.9. The molecule has 8 heteroatoms. The Hall–Kier alpha value is -3.26. The highest BCUT2D eigenvalue weighted by atomic mass is 32.2. The summed E-state index contributed by atoms with van der Waals surface area (Å²) in [5, 5.41) is 3.17. The van der Waals surface area contributed by atoms with Gasteiger partial charge in [-0.05, 0) is 67.1 Å². The van der Waals surface area contributed by atoms with E-state index >= 15 is 0 Å². The van der Waals surface area contributed by atoms with Gasteiger partial charge < -0.3 is 10.1 Å². The zero-order chi connectivity index (χ0) is 23.6. The molecular weight excluding hydrogens is 442 g/mol. The van der Waals surface area contributed by atoms with Crippen molar-refractivity contribution < 1.29 is 13.5 Å². The third-order valence-corrected chi connectivity index (χ3v) is 5.12. The molecule has 0 aliphatic rings. The first-order chi connectivity index (χ1) is 16.0. The third-order valence-electron chi connectivity index (χ3n) is 4.49. The van der Waals surface area contributed by atoms with Crippen LogP contribution >= 0.6 is 11.8 Å². The molecule has 33 heavy (non-hydrogen) atoms. The van der Waals surface area contributed by atoms with Crippen LogP contribution in [-0.2, 0) is 5.75 Å². The highest BCUT2D eigenvalue weighted by Gasteiger charge is 2.13. The van der Waals surface area contributed by atoms with Crippen molar-refractivity contribution >= 4 is 23.4 Å². The molecule has 5 nitrogen and oxygen atoms in total. The normalized spacial score (nSPS) is 12.0. The molecule has 172 valence electrons. The lowest BCUT2D eigenvalue weighted by atomic mass is 10.1. The van der Waals surface area contributed by atoms with Crippen LogP contribution in [0.25, 0.3) is 11.4 Å². The lowest BCUT2D eigenvalue weighted by molar-refractivity contribution is 0.355. The maximum atomic E-state index is 14.1. The maximum Gasteiger partial charge on any atom is 0.230 e. The summed E-state index contributed by atoms with van der Waals surface area (Å²) in [6.45, 7) is 3.47. The third kappa shape index (κ3) is 7.39. The van der Waals surface area contributed by atoms with Crippen LogP contribution in [0.2, 0.25) is 0 Å². The molecule has 0 atom stereocenters. The molecule has 3 aromatic rings. The maximum absolute atomic E-state index is 14.1. The molecule has 2 aromatic carbocycles. The van der Waals surface area contributed by atoms with E-state index in [1.807, 2.05) is 37.5 Å². The number of thioether (sulfide) groups is 1. The molecule has 0 unspecified atom stereocenters. The number of aromatic nitrogens is 3. The molecule has 1 heterocycles. The van der Waals surface area contributed by atoms with E-state index < -0.39 is 5.82 Å². The molecule has 0 aliphatic carbocycles. The number of nitrogens with zero attached hydrogens (tertiary/aromatic N) is 3. The van der Waals surface area contributed by atoms with Gasteiger partial charge in [0.1, 0.15) is 24.5 Å². The van der Waals surface area contributed by atoms with Crippen LogP contribution in [0.15, 0.2) is 72.3 Å². The van der Waals surface area contributed by atoms with Gasteiger partial charge in [-0.15, -0.1) is 0 Å². The highest BCUT2D eigenvalue weighted by molar-refractivity contribution is 7.97. The number of ether oxygens (including phenoxy) is 1. The highest BCUT2D eigenvalue weighted by Crippen LogP contribution is 2.29. The fourth-order valence-corrected chi connectivity index (χ4v) is 3.67. The quantitative estimate of drug-likeness (QED) is 0.328. The lowest BCUT2D eigenvalue weighted by Gasteiger charge is -2.12. The van der Waals surface area contributed by atoms with Crippen LogP contribution in [0.5, 0.6) is 5.75 Å². The number of hydrogen-bond acceptors (Lipinski definition) is 6. The monoisotopic (exact) mass is 468 g/mol. The van der Waals surface area contributed by atoms with Gasteiger partial charge in [-0.3, -0.25) is 0 Å². The SMILES string of the molecule is CC/C=C(\C=C(/C)F)COc1ccc(F)cc1-c1ncnc(Nc2cccc(CSC)c2)n1. The van der Waals surface area contributed by atoms with Gasteiger partial charge in [-0.1, -0.05) is 25.1 Å². The summed E-state index contributed by atoms with van der Waals surface area (Å²) < 4.78 is 33.3. The van der Waals surface area contributed by atoms with E-state index in [4.69, 9.17) is 4.74 Å². The first-order valence-electron chi connectivity index (χ1n) is 10.5. The van der Waals surface area contributed by atoms with E-state index in [0.29, 0.717) is 22.8 Å². The molecule has 0 saturated carbocycles. The number of rotatable bonds is 10. The van der Waals surface area contributed by atoms with Crippen molar-refractivity contribution in [3.05, 3.63) is 83.7 Å². The summed E-state index contributed by atoms with van der Waals surface area (Å²) in [4.78, 5) is 12.9. The number of nitrogens with one attached hydrogen (secondary N) is 1. The number of hydrogen-bond donors (Lipinski definition) is 1. The Morgan fingerprint density at radius 1 is 1.18 bits per heavy atom. The Kier molecular flexibility index (Phi) is 8.95. The molecule has 0 radical (unpaired) electrons. The molecule has 3 rings (SSSR count). The molecule has 0 spiro atoms. The van der Waals surface area contributed by atoms with E-state index in [1.165, 1.54) is 43.1 Å². The van der Waals surface area contributed by atoms with Gasteiger partial charge in [0.25, 0.3) is 0 Å². The molecule has 0 amide bonds. The molecule has 0 bridgehead atoms. The van der Waals surface area contributed by atoms with E-state index in [-0.39, 0.29) is 18.3 Å². The van der Waals surface area contributed by atoms with Crippen molar-refractivity contribution in [2.75, 3.05) is 18.2 Å². The first kappa shape index (κ1) is 24.4. The average molecular weight is 469 g/mol. The van der Waals surface area contributed by atoms with Crippen molar-refractivity contribution in [2.24, 2.45) is 0 Å². The van der Waals surface area contributed by atoms with Crippen molar-refractivity contribution in [1.82, 2.24) is 15.0 Å². The largest absolute Gasteiger partial charge is 0.488 e. The van der Waals surface area contributed by atoms with Crippen LogP contribution in [0.1, 0.15) is 25.8 Å². The summed E-state index contributed by atoms with van der Waals surface area (Å²) in [7, 11) is 0. The Labute approximate surface area is 197 Å². The second-order valence-corrected chi connectivity index (χ2v) is 8.10. The molecule has 0 saturated heterocycles. The summed E-state index contributed by atoms with van der Waals surface area (Å²) in [6, 6.07) is 12.1. The van der Waals surface area contributed by atoms with Crippen LogP contribution in [0, 0.1) is 5.82 Å². The van der Waals surface area contributed by atoms with Crippen LogP contribution in [0.4, 0.5) is 20.4 Å². The Balaban J connectivity index is 1.86. The Morgan fingerprint density at radius 2 is 2.03 bits per heavy atom. The average Bonchev–Trinajstić information content (AvgIpc) is 2.78. The van der Waals surface area contributed by atoms with Crippen molar-refractivity contribution in [2.45, 2.75) is 26.0 Å². The smallest absolute Gasteiger partial charge is 0.230 e. The van der Waals surface area contributed by atoms with Crippen LogP contribution in [-0.4, -0.2) is 27.8 Å². The summed E-state index contributed by atoms with van der Waals surface area (Å²) >= 11 is 1.74. The van der Waals surface area contributed by atoms with Gasteiger partial charge in [0.15, 0.2) is 5.82 Å². The lowest BCUT2D eigenvalue weighted by Crippen LogP contribution is -2.04. The van der Waals surface area contributed by atoms with Gasteiger partial charge in [0.2, 0.25) is 5.95 Å². The topological polar surface area (TPSA) is 59.9 Å². The van der Waals surface area contributed by atoms with Gasteiger partial charge in [0, 0.05) is 11.4 Å². The predicted octanol–water partition coefficient (Wildman–Crippen LogP) is 6.87. The van der Waals surface area contributed by atoms with E-state index in [1.54, 1.807) is 11.8 Å². The second kappa shape index (κ2) is 12.1. The summed E-state index contributed by atoms with van der Waals surface area (Å²) in [5.74, 6) is 1.13. The second-order valence-electron chi connectivity index (χ2n) is 7.24. The van der Waals surface area contributed by atoms with Crippen molar-refractivity contribution in [3.63, 3.8) is 0 Å². The minimum atomic E-state index is -0.444. The predicted molar refractivity (Wildman–Crippen MR) is 131 cm³/mol. The van der Waals surface area contributed by atoms with E-state index in [9.17, 15) is 8.78 Å². The fraction of sp³-hybridized carbons (Fsp3) is 0.240.